The number of hydrogen-bond acceptors (Lipinski definition) is 2. The van der Waals surface area contributed by atoms with Crippen molar-refractivity contribution in [3.8, 4) is 0 Å². The van der Waals surface area contributed by atoms with E-state index >= 15 is 0 Å². The Balaban J connectivity index is 1.69. The number of rotatable bonds is 4. The van der Waals surface area contributed by atoms with Gasteiger partial charge in [0.1, 0.15) is 0 Å². The van der Waals surface area contributed by atoms with E-state index in [1.165, 1.54) is 41.6 Å². The summed E-state index contributed by atoms with van der Waals surface area (Å²) in [5.41, 5.74) is 6.43. The number of hydrogen-bond donors (Lipinski definition) is 1. The summed E-state index contributed by atoms with van der Waals surface area (Å²) in [7, 11) is 0. The zero-order chi connectivity index (χ0) is 15.5. The van der Waals surface area contributed by atoms with Crippen LogP contribution in [0.4, 0.5) is 5.69 Å². The lowest BCUT2D eigenvalue weighted by molar-refractivity contribution is 0.886. The first kappa shape index (κ1) is 14.0. The molecule has 2 nitrogen and oxygen atoms in total. The molecule has 1 atom stereocenters. The van der Waals surface area contributed by atoms with Gasteiger partial charge in [-0.3, -0.25) is 4.98 Å². The summed E-state index contributed by atoms with van der Waals surface area (Å²) >= 11 is 0. The molecule has 2 aromatic carbocycles. The second-order valence-electron chi connectivity index (χ2n) is 6.08. The van der Waals surface area contributed by atoms with Crippen molar-refractivity contribution in [3.63, 3.8) is 0 Å². The lowest BCUT2D eigenvalue weighted by Crippen LogP contribution is -2.13. The molecular formula is C21H20N2. The number of benzene rings is 2. The Morgan fingerprint density at radius 2 is 1.65 bits per heavy atom. The Bertz CT molecular complexity index is 742. The molecule has 23 heavy (non-hydrogen) atoms. The van der Waals surface area contributed by atoms with Gasteiger partial charge >= 0.3 is 0 Å². The van der Waals surface area contributed by atoms with Gasteiger partial charge in [-0.25, -0.2) is 0 Å². The van der Waals surface area contributed by atoms with Crippen LogP contribution in [0.5, 0.6) is 0 Å². The fourth-order valence-corrected chi connectivity index (χ4v) is 3.35. The number of nitrogens with zero attached hydrogens (tertiary/aromatic N) is 1. The van der Waals surface area contributed by atoms with Crippen LogP contribution in [0.2, 0.25) is 0 Å². The first-order chi connectivity index (χ1) is 11.4. The van der Waals surface area contributed by atoms with Gasteiger partial charge in [0, 0.05) is 11.9 Å². The summed E-state index contributed by atoms with van der Waals surface area (Å²) in [6.07, 6.45) is 5.55. The zero-order valence-electron chi connectivity index (χ0n) is 13.1. The highest BCUT2D eigenvalue weighted by molar-refractivity contribution is 5.53. The largest absolute Gasteiger partial charge is 0.373 e. The van der Waals surface area contributed by atoms with Crippen LogP contribution in [-0.4, -0.2) is 4.98 Å². The van der Waals surface area contributed by atoms with Crippen LogP contribution in [0.25, 0.3) is 0 Å². The molecule has 0 amide bonds. The predicted octanol–water partition coefficient (Wildman–Crippen LogP) is 4.77. The number of aromatic nitrogens is 1. The molecule has 1 aromatic heterocycles. The number of pyridine rings is 1. The average Bonchev–Trinajstić information content (AvgIpc) is 3.09. The average molecular weight is 300 g/mol. The molecule has 1 N–H and O–H groups in total. The monoisotopic (exact) mass is 300 g/mol. The molecule has 0 aliphatic heterocycles. The fraction of sp³-hybridized carbons (Fsp3) is 0.190. The highest BCUT2D eigenvalue weighted by Gasteiger charge is 2.16. The maximum absolute atomic E-state index is 4.56. The summed E-state index contributed by atoms with van der Waals surface area (Å²) in [5, 5.41) is 3.68. The molecular weight excluding hydrogens is 280 g/mol. The molecule has 0 spiro atoms. The Kier molecular flexibility index (Phi) is 3.81. The van der Waals surface area contributed by atoms with E-state index in [4.69, 9.17) is 0 Å². The lowest BCUT2D eigenvalue weighted by atomic mass is 10.0. The minimum Gasteiger partial charge on any atom is -0.373 e. The summed E-state index contributed by atoms with van der Waals surface area (Å²) in [4.78, 5) is 4.56. The van der Waals surface area contributed by atoms with Crippen LogP contribution in [0.1, 0.15) is 34.8 Å². The van der Waals surface area contributed by atoms with Gasteiger partial charge in [-0.05, 0) is 60.2 Å². The second-order valence-corrected chi connectivity index (χ2v) is 6.08. The first-order valence-corrected chi connectivity index (χ1v) is 8.24. The van der Waals surface area contributed by atoms with Gasteiger partial charge in [-0.1, -0.05) is 42.5 Å². The molecule has 2 heteroatoms. The number of aryl methyl sites for hydroxylation is 2. The van der Waals surface area contributed by atoms with Crippen molar-refractivity contribution in [2.24, 2.45) is 0 Å². The summed E-state index contributed by atoms with van der Waals surface area (Å²) in [6, 6.07) is 23.4. The van der Waals surface area contributed by atoms with Gasteiger partial charge in [-0.15, -0.1) is 0 Å². The van der Waals surface area contributed by atoms with E-state index in [0.717, 1.165) is 5.69 Å². The van der Waals surface area contributed by atoms with E-state index in [1.807, 2.05) is 24.4 Å². The van der Waals surface area contributed by atoms with Gasteiger partial charge in [0.25, 0.3) is 0 Å². The molecule has 0 radical (unpaired) electrons. The van der Waals surface area contributed by atoms with Crippen LogP contribution in [0.3, 0.4) is 0 Å². The van der Waals surface area contributed by atoms with Crippen molar-refractivity contribution in [2.75, 3.05) is 5.32 Å². The summed E-state index contributed by atoms with van der Waals surface area (Å²) in [6.45, 7) is 0. The molecule has 0 saturated heterocycles. The van der Waals surface area contributed by atoms with Crippen LogP contribution in [0.15, 0.2) is 72.9 Å². The topological polar surface area (TPSA) is 24.9 Å². The maximum Gasteiger partial charge on any atom is 0.0940 e. The molecule has 0 bridgehead atoms. The highest BCUT2D eigenvalue weighted by Crippen LogP contribution is 2.29. The minimum atomic E-state index is 0.0665. The third-order valence-electron chi connectivity index (χ3n) is 4.53. The van der Waals surface area contributed by atoms with Gasteiger partial charge in [-0.2, -0.15) is 0 Å². The van der Waals surface area contributed by atoms with Crippen molar-refractivity contribution < 1.29 is 0 Å². The fourth-order valence-electron chi connectivity index (χ4n) is 3.35. The van der Waals surface area contributed by atoms with Crippen molar-refractivity contribution in [1.82, 2.24) is 4.98 Å². The SMILES string of the molecule is c1ccc(C(Nc2ccc3c(c2)CCC3)c2ccccn2)cc1. The second kappa shape index (κ2) is 6.25. The number of fused-ring (bicyclic) bond motifs is 1. The minimum absolute atomic E-state index is 0.0665. The van der Waals surface area contributed by atoms with E-state index in [0.29, 0.717) is 0 Å². The van der Waals surface area contributed by atoms with E-state index in [2.05, 4.69) is 58.8 Å². The highest BCUT2D eigenvalue weighted by atomic mass is 14.9. The third-order valence-corrected chi connectivity index (χ3v) is 4.53. The molecule has 1 unspecified atom stereocenters. The summed E-state index contributed by atoms with van der Waals surface area (Å²) in [5.74, 6) is 0. The predicted molar refractivity (Wildman–Crippen MR) is 94.6 cm³/mol. The van der Waals surface area contributed by atoms with Crippen molar-refractivity contribution in [1.29, 1.82) is 0 Å². The standard InChI is InChI=1S/C21H20N2/c1-2-7-17(8-3-1)21(20-11-4-5-14-22-20)23-19-13-12-16-9-6-10-18(16)15-19/h1-5,7-8,11-15,21,23H,6,9-10H2. The molecule has 114 valence electrons. The van der Waals surface area contributed by atoms with Gasteiger partial charge in [0.15, 0.2) is 0 Å². The van der Waals surface area contributed by atoms with Gasteiger partial charge < -0.3 is 5.32 Å². The van der Waals surface area contributed by atoms with E-state index in [-0.39, 0.29) is 6.04 Å². The Hall–Kier alpha value is -2.61. The molecule has 0 saturated carbocycles. The van der Waals surface area contributed by atoms with Gasteiger partial charge in [0.2, 0.25) is 0 Å². The molecule has 0 fully saturated rings. The smallest absolute Gasteiger partial charge is 0.0940 e. The van der Waals surface area contributed by atoms with Crippen LogP contribution in [-0.2, 0) is 12.8 Å². The first-order valence-electron chi connectivity index (χ1n) is 8.24. The Morgan fingerprint density at radius 3 is 2.48 bits per heavy atom. The van der Waals surface area contributed by atoms with Crippen molar-refractivity contribution in [3.05, 3.63) is 95.3 Å². The van der Waals surface area contributed by atoms with Crippen LogP contribution in [0, 0.1) is 0 Å². The van der Waals surface area contributed by atoms with Crippen molar-refractivity contribution in [2.45, 2.75) is 25.3 Å². The quantitative estimate of drug-likeness (QED) is 0.750. The molecule has 3 aromatic rings. The van der Waals surface area contributed by atoms with E-state index in [9.17, 15) is 0 Å². The van der Waals surface area contributed by atoms with E-state index < -0.39 is 0 Å². The molecule has 1 aliphatic carbocycles. The van der Waals surface area contributed by atoms with Crippen molar-refractivity contribution >= 4 is 5.69 Å². The molecule has 1 heterocycles. The molecule has 1 aliphatic rings. The van der Waals surface area contributed by atoms with E-state index in [1.54, 1.807) is 0 Å². The zero-order valence-corrected chi connectivity index (χ0v) is 13.1. The Morgan fingerprint density at radius 1 is 0.826 bits per heavy atom. The lowest BCUT2D eigenvalue weighted by Gasteiger charge is -2.20. The normalized spacial score (nSPS) is 14.3. The maximum atomic E-state index is 4.56. The van der Waals surface area contributed by atoms with Crippen LogP contribution < -0.4 is 5.32 Å². The Labute approximate surface area is 137 Å². The van der Waals surface area contributed by atoms with Crippen LogP contribution >= 0.6 is 0 Å². The third kappa shape index (κ3) is 2.98. The summed E-state index contributed by atoms with van der Waals surface area (Å²) < 4.78 is 0. The molecule has 4 rings (SSSR count). The number of anilines is 1. The number of nitrogens with one attached hydrogen (secondary N) is 1. The van der Waals surface area contributed by atoms with Gasteiger partial charge in [0.05, 0.1) is 11.7 Å².